The summed E-state index contributed by atoms with van der Waals surface area (Å²) in [6.45, 7) is 2.08. The molecule has 2 rings (SSSR count). The normalized spacial score (nSPS) is 13.5. The highest BCUT2D eigenvalue weighted by Gasteiger charge is 2.00. The standard InChI is InChI=1S/C10H11NS/c1-7(12)8-2-3-10-9(6-8)4-5-11-10/h2-7,11-12H,1H3. The van der Waals surface area contributed by atoms with E-state index in [1.807, 2.05) is 6.20 Å². The lowest BCUT2D eigenvalue weighted by Crippen LogP contribution is -1.82. The van der Waals surface area contributed by atoms with Crippen molar-refractivity contribution in [2.45, 2.75) is 12.2 Å². The minimum absolute atomic E-state index is 0.310. The first kappa shape index (κ1) is 7.74. The fourth-order valence-corrected chi connectivity index (χ4v) is 1.49. The molecule has 1 aromatic carbocycles. The summed E-state index contributed by atoms with van der Waals surface area (Å²) in [6.07, 6.45) is 1.96. The van der Waals surface area contributed by atoms with E-state index in [9.17, 15) is 0 Å². The van der Waals surface area contributed by atoms with Gasteiger partial charge < -0.3 is 4.98 Å². The van der Waals surface area contributed by atoms with E-state index in [2.05, 4.69) is 48.8 Å². The van der Waals surface area contributed by atoms with Crippen LogP contribution in [0.15, 0.2) is 30.5 Å². The smallest absolute Gasteiger partial charge is 0.0454 e. The largest absolute Gasteiger partial charge is 0.361 e. The number of aromatic amines is 1. The molecule has 0 spiro atoms. The van der Waals surface area contributed by atoms with Gasteiger partial charge in [0.05, 0.1) is 0 Å². The minimum atomic E-state index is 0.310. The van der Waals surface area contributed by atoms with Crippen LogP contribution < -0.4 is 0 Å². The topological polar surface area (TPSA) is 15.8 Å². The second-order valence-corrected chi connectivity index (χ2v) is 3.77. The SMILES string of the molecule is CC(S)c1ccc2[nH]ccc2c1. The van der Waals surface area contributed by atoms with Crippen LogP contribution in [-0.2, 0) is 0 Å². The van der Waals surface area contributed by atoms with Gasteiger partial charge in [-0.15, -0.1) is 0 Å². The van der Waals surface area contributed by atoms with Gasteiger partial charge in [0.1, 0.15) is 0 Å². The number of benzene rings is 1. The lowest BCUT2D eigenvalue weighted by molar-refractivity contribution is 1.12. The molecule has 2 heteroatoms. The molecule has 0 aliphatic rings. The fourth-order valence-electron chi connectivity index (χ4n) is 1.33. The molecule has 62 valence electrons. The summed E-state index contributed by atoms with van der Waals surface area (Å²) in [7, 11) is 0. The molecule has 0 fully saturated rings. The average molecular weight is 177 g/mol. The minimum Gasteiger partial charge on any atom is -0.361 e. The quantitative estimate of drug-likeness (QED) is 0.622. The van der Waals surface area contributed by atoms with Crippen LogP contribution in [0.2, 0.25) is 0 Å². The van der Waals surface area contributed by atoms with Crippen molar-refractivity contribution >= 4 is 23.5 Å². The van der Waals surface area contributed by atoms with Gasteiger partial charge in [0.2, 0.25) is 0 Å². The number of fused-ring (bicyclic) bond motifs is 1. The second kappa shape index (κ2) is 2.87. The molecule has 1 atom stereocenters. The van der Waals surface area contributed by atoms with Crippen LogP contribution >= 0.6 is 12.6 Å². The summed E-state index contributed by atoms with van der Waals surface area (Å²) in [5.41, 5.74) is 2.46. The molecule has 0 saturated carbocycles. The third kappa shape index (κ3) is 1.23. The van der Waals surface area contributed by atoms with Crippen molar-refractivity contribution in [1.82, 2.24) is 4.98 Å². The maximum Gasteiger partial charge on any atom is 0.0454 e. The van der Waals surface area contributed by atoms with E-state index in [-0.39, 0.29) is 0 Å². The van der Waals surface area contributed by atoms with Crippen molar-refractivity contribution in [1.29, 1.82) is 0 Å². The van der Waals surface area contributed by atoms with Gasteiger partial charge in [-0.3, -0.25) is 0 Å². The van der Waals surface area contributed by atoms with E-state index in [0.717, 1.165) is 0 Å². The number of nitrogens with one attached hydrogen (secondary N) is 1. The van der Waals surface area contributed by atoms with E-state index >= 15 is 0 Å². The molecule has 1 unspecified atom stereocenters. The molecule has 0 saturated heterocycles. The molecule has 2 aromatic rings. The van der Waals surface area contributed by atoms with Crippen LogP contribution in [0, 0.1) is 0 Å². The van der Waals surface area contributed by atoms with Gasteiger partial charge in [0.25, 0.3) is 0 Å². The maximum absolute atomic E-state index is 4.38. The third-order valence-electron chi connectivity index (χ3n) is 2.06. The van der Waals surface area contributed by atoms with Gasteiger partial charge in [-0.05, 0) is 36.1 Å². The van der Waals surface area contributed by atoms with Gasteiger partial charge in [0, 0.05) is 17.0 Å². The monoisotopic (exact) mass is 177 g/mol. The van der Waals surface area contributed by atoms with Crippen LogP contribution in [0.4, 0.5) is 0 Å². The Hall–Kier alpha value is -0.890. The Balaban J connectivity index is 2.60. The molecule has 1 heterocycles. The molecule has 1 aromatic heterocycles. The molecule has 0 aliphatic heterocycles. The van der Waals surface area contributed by atoms with Crippen LogP contribution in [0.1, 0.15) is 17.7 Å². The zero-order valence-corrected chi connectivity index (χ0v) is 7.81. The Bertz CT molecular complexity index is 389. The number of hydrogen-bond acceptors (Lipinski definition) is 1. The summed E-state index contributed by atoms with van der Waals surface area (Å²) in [5, 5.41) is 1.57. The lowest BCUT2D eigenvalue weighted by Gasteiger charge is -2.03. The Morgan fingerprint density at radius 3 is 2.92 bits per heavy atom. The summed E-state index contributed by atoms with van der Waals surface area (Å²) in [4.78, 5) is 3.16. The Morgan fingerprint density at radius 1 is 1.33 bits per heavy atom. The van der Waals surface area contributed by atoms with E-state index < -0.39 is 0 Å². The first-order valence-electron chi connectivity index (χ1n) is 4.02. The van der Waals surface area contributed by atoms with Crippen molar-refractivity contribution in [3.05, 3.63) is 36.0 Å². The molecule has 0 amide bonds. The zero-order valence-electron chi connectivity index (χ0n) is 6.91. The molecule has 0 bridgehead atoms. The molecule has 12 heavy (non-hydrogen) atoms. The molecule has 0 radical (unpaired) electrons. The van der Waals surface area contributed by atoms with Gasteiger partial charge >= 0.3 is 0 Å². The van der Waals surface area contributed by atoms with Crippen LogP contribution in [0.5, 0.6) is 0 Å². The number of hydrogen-bond donors (Lipinski definition) is 2. The molecular formula is C10H11NS. The number of thiol groups is 1. The van der Waals surface area contributed by atoms with E-state index in [1.54, 1.807) is 0 Å². The van der Waals surface area contributed by atoms with Gasteiger partial charge in [-0.1, -0.05) is 6.07 Å². The van der Waals surface area contributed by atoms with Crippen LogP contribution in [0.25, 0.3) is 10.9 Å². The zero-order chi connectivity index (χ0) is 8.55. The summed E-state index contributed by atoms with van der Waals surface area (Å²) < 4.78 is 0. The molecule has 1 nitrogen and oxygen atoms in total. The third-order valence-corrected chi connectivity index (χ3v) is 2.36. The molecular weight excluding hydrogens is 166 g/mol. The predicted molar refractivity (Wildman–Crippen MR) is 55.7 cm³/mol. The highest BCUT2D eigenvalue weighted by Crippen LogP contribution is 2.22. The fraction of sp³-hybridized carbons (Fsp3) is 0.200. The van der Waals surface area contributed by atoms with Crippen LogP contribution in [-0.4, -0.2) is 4.98 Å². The summed E-state index contributed by atoms with van der Waals surface area (Å²) >= 11 is 4.38. The lowest BCUT2D eigenvalue weighted by atomic mass is 10.1. The van der Waals surface area contributed by atoms with Gasteiger partial charge in [0.15, 0.2) is 0 Å². The van der Waals surface area contributed by atoms with Crippen molar-refractivity contribution in [2.24, 2.45) is 0 Å². The number of H-pyrrole nitrogens is 1. The Labute approximate surface area is 77.2 Å². The highest BCUT2D eigenvalue weighted by atomic mass is 32.1. The van der Waals surface area contributed by atoms with E-state index in [1.165, 1.54) is 16.5 Å². The first-order valence-corrected chi connectivity index (χ1v) is 4.54. The molecule has 1 N–H and O–H groups in total. The van der Waals surface area contributed by atoms with Crippen molar-refractivity contribution in [3.8, 4) is 0 Å². The van der Waals surface area contributed by atoms with Gasteiger partial charge in [-0.25, -0.2) is 0 Å². The second-order valence-electron chi connectivity index (χ2n) is 3.00. The highest BCUT2D eigenvalue weighted by molar-refractivity contribution is 7.80. The molecule has 0 aliphatic carbocycles. The number of aromatic nitrogens is 1. The Kier molecular flexibility index (Phi) is 1.85. The predicted octanol–water partition coefficient (Wildman–Crippen LogP) is 3.16. The van der Waals surface area contributed by atoms with Crippen LogP contribution in [0.3, 0.4) is 0 Å². The summed E-state index contributed by atoms with van der Waals surface area (Å²) in [6, 6.07) is 8.45. The Morgan fingerprint density at radius 2 is 2.17 bits per heavy atom. The average Bonchev–Trinajstić information content (AvgIpc) is 2.49. The van der Waals surface area contributed by atoms with Crippen molar-refractivity contribution in [3.63, 3.8) is 0 Å². The summed E-state index contributed by atoms with van der Waals surface area (Å²) in [5.74, 6) is 0. The maximum atomic E-state index is 4.38. The van der Waals surface area contributed by atoms with E-state index in [4.69, 9.17) is 0 Å². The van der Waals surface area contributed by atoms with Crippen molar-refractivity contribution < 1.29 is 0 Å². The van der Waals surface area contributed by atoms with E-state index in [0.29, 0.717) is 5.25 Å². The first-order chi connectivity index (χ1) is 5.77. The number of rotatable bonds is 1. The van der Waals surface area contributed by atoms with Crippen molar-refractivity contribution in [2.75, 3.05) is 0 Å². The van der Waals surface area contributed by atoms with Gasteiger partial charge in [-0.2, -0.15) is 12.6 Å².